The fourth-order valence-corrected chi connectivity index (χ4v) is 2.21. The van der Waals surface area contributed by atoms with Gasteiger partial charge in [-0.1, -0.05) is 12.1 Å². The third kappa shape index (κ3) is 4.59. The highest BCUT2D eigenvalue weighted by atomic mass is 32.2. The first-order chi connectivity index (χ1) is 9.10. The van der Waals surface area contributed by atoms with Crippen LogP contribution in [0.5, 0.6) is 0 Å². The minimum Gasteiger partial charge on any atom is -0.466 e. The molecule has 104 valence electrons. The van der Waals surface area contributed by atoms with E-state index in [1.165, 1.54) is 11.8 Å². The van der Waals surface area contributed by atoms with E-state index >= 15 is 0 Å². The maximum absolute atomic E-state index is 12.3. The zero-order valence-electron chi connectivity index (χ0n) is 11.5. The quantitative estimate of drug-likeness (QED) is 0.593. The summed E-state index contributed by atoms with van der Waals surface area (Å²) in [4.78, 5) is 26.0. The topological polar surface area (TPSA) is 46.6 Å². The number of benzene rings is 1. The van der Waals surface area contributed by atoms with Gasteiger partial charge in [-0.3, -0.25) is 9.59 Å². The molecule has 0 atom stereocenters. The molecule has 0 unspecified atom stereocenters. The van der Waals surface area contributed by atoms with Crippen LogP contribution in [0.25, 0.3) is 0 Å². The Morgan fingerprint density at radius 1 is 1.32 bits per heavy atom. The average molecular weight is 281 g/mol. The number of carbonyl (C=O) groups is 2. The predicted octanol–water partition coefficient (Wildman–Crippen LogP) is 2.43. The highest BCUT2D eigenvalue weighted by Gasteiger charge is 2.16. The van der Waals surface area contributed by atoms with E-state index in [1.807, 2.05) is 24.5 Å². The molecule has 0 fully saturated rings. The van der Waals surface area contributed by atoms with Crippen molar-refractivity contribution < 1.29 is 14.3 Å². The van der Waals surface area contributed by atoms with Gasteiger partial charge in [-0.25, -0.2) is 0 Å². The molecule has 0 saturated carbocycles. The second-order valence-electron chi connectivity index (χ2n) is 3.98. The smallest absolute Gasteiger partial charge is 0.307 e. The first-order valence-electron chi connectivity index (χ1n) is 6.14. The molecule has 0 aliphatic carbocycles. The van der Waals surface area contributed by atoms with E-state index in [9.17, 15) is 9.59 Å². The fourth-order valence-electron chi connectivity index (χ4n) is 1.62. The molecule has 1 aromatic rings. The Labute approximate surface area is 118 Å². The molecule has 0 heterocycles. The Morgan fingerprint density at radius 2 is 2.00 bits per heavy atom. The Morgan fingerprint density at radius 3 is 2.63 bits per heavy atom. The van der Waals surface area contributed by atoms with Crippen molar-refractivity contribution in [1.82, 2.24) is 4.90 Å². The highest BCUT2D eigenvalue weighted by molar-refractivity contribution is 7.98. The average Bonchev–Trinajstić information content (AvgIpc) is 2.44. The molecule has 19 heavy (non-hydrogen) atoms. The lowest BCUT2D eigenvalue weighted by molar-refractivity contribution is -0.143. The molecule has 1 aromatic carbocycles. The van der Waals surface area contributed by atoms with Crippen LogP contribution >= 0.6 is 11.8 Å². The van der Waals surface area contributed by atoms with Crippen molar-refractivity contribution in [2.45, 2.75) is 18.2 Å². The van der Waals surface area contributed by atoms with Gasteiger partial charge in [-0.2, -0.15) is 0 Å². The molecule has 1 amide bonds. The van der Waals surface area contributed by atoms with E-state index < -0.39 is 0 Å². The van der Waals surface area contributed by atoms with Crippen molar-refractivity contribution in [3.05, 3.63) is 29.8 Å². The maximum atomic E-state index is 12.3. The molecule has 0 aliphatic rings. The summed E-state index contributed by atoms with van der Waals surface area (Å²) in [6, 6.07) is 7.46. The van der Waals surface area contributed by atoms with Crippen LogP contribution in [-0.4, -0.2) is 43.2 Å². The lowest BCUT2D eigenvalue weighted by Crippen LogP contribution is -2.29. The Hall–Kier alpha value is -1.49. The standard InChI is InChI=1S/C14H19NO3S/c1-4-18-13(16)9-10-15(2)14(17)11-7-5-6-8-12(11)19-3/h5-8H,4,9-10H2,1-3H3. The summed E-state index contributed by atoms with van der Waals surface area (Å²) in [6.45, 7) is 2.49. The SMILES string of the molecule is CCOC(=O)CCN(C)C(=O)c1ccccc1SC. The van der Waals surface area contributed by atoms with Crippen molar-refractivity contribution in [2.24, 2.45) is 0 Å². The van der Waals surface area contributed by atoms with Crippen LogP contribution in [0, 0.1) is 0 Å². The second-order valence-corrected chi connectivity index (χ2v) is 4.83. The summed E-state index contributed by atoms with van der Waals surface area (Å²) in [7, 11) is 1.69. The van der Waals surface area contributed by atoms with Gasteiger partial charge in [0.15, 0.2) is 0 Å². The van der Waals surface area contributed by atoms with Crippen LogP contribution in [-0.2, 0) is 9.53 Å². The lowest BCUT2D eigenvalue weighted by Gasteiger charge is -2.18. The van der Waals surface area contributed by atoms with Crippen molar-refractivity contribution in [3.63, 3.8) is 0 Å². The van der Waals surface area contributed by atoms with Crippen molar-refractivity contribution >= 4 is 23.6 Å². The van der Waals surface area contributed by atoms with Gasteiger partial charge in [-0.05, 0) is 25.3 Å². The van der Waals surface area contributed by atoms with Gasteiger partial charge in [0.05, 0.1) is 18.6 Å². The molecule has 0 saturated heterocycles. The van der Waals surface area contributed by atoms with E-state index in [2.05, 4.69) is 0 Å². The number of carbonyl (C=O) groups excluding carboxylic acids is 2. The third-order valence-electron chi connectivity index (χ3n) is 2.64. The minimum absolute atomic E-state index is 0.0748. The van der Waals surface area contributed by atoms with Crippen LogP contribution in [0.1, 0.15) is 23.7 Å². The summed E-state index contributed by atoms with van der Waals surface area (Å²) in [5.74, 6) is -0.352. The molecule has 5 heteroatoms. The molecule has 0 spiro atoms. The Bertz CT molecular complexity index is 448. The first-order valence-corrected chi connectivity index (χ1v) is 7.36. The van der Waals surface area contributed by atoms with Crippen molar-refractivity contribution in [1.29, 1.82) is 0 Å². The summed E-state index contributed by atoms with van der Waals surface area (Å²) in [6.07, 6.45) is 2.16. The molecule has 0 radical (unpaired) electrons. The zero-order valence-corrected chi connectivity index (χ0v) is 12.3. The van der Waals surface area contributed by atoms with Crippen molar-refractivity contribution in [3.8, 4) is 0 Å². The van der Waals surface area contributed by atoms with Crippen LogP contribution in [0.2, 0.25) is 0 Å². The molecular formula is C14H19NO3S. The number of thioether (sulfide) groups is 1. The molecule has 0 N–H and O–H groups in total. The van der Waals surface area contributed by atoms with E-state index in [0.717, 1.165) is 4.90 Å². The predicted molar refractivity (Wildman–Crippen MR) is 76.4 cm³/mol. The molecule has 1 rings (SSSR count). The normalized spacial score (nSPS) is 10.1. The van der Waals surface area contributed by atoms with Gasteiger partial charge >= 0.3 is 5.97 Å². The van der Waals surface area contributed by atoms with E-state index in [4.69, 9.17) is 4.74 Å². The number of esters is 1. The first kappa shape index (κ1) is 15.6. The van der Waals surface area contributed by atoms with E-state index in [-0.39, 0.29) is 18.3 Å². The van der Waals surface area contributed by atoms with E-state index in [0.29, 0.717) is 18.7 Å². The van der Waals surface area contributed by atoms with Crippen LogP contribution < -0.4 is 0 Å². The number of hydrogen-bond acceptors (Lipinski definition) is 4. The Kier molecular flexibility index (Phi) is 6.42. The van der Waals surface area contributed by atoms with Gasteiger partial charge in [0, 0.05) is 18.5 Å². The number of nitrogens with zero attached hydrogens (tertiary/aromatic N) is 1. The van der Waals surface area contributed by atoms with Gasteiger partial charge in [-0.15, -0.1) is 11.8 Å². The maximum Gasteiger partial charge on any atom is 0.307 e. The van der Waals surface area contributed by atoms with Gasteiger partial charge in [0.25, 0.3) is 5.91 Å². The van der Waals surface area contributed by atoms with Gasteiger partial charge < -0.3 is 9.64 Å². The number of rotatable bonds is 6. The minimum atomic E-state index is -0.277. The summed E-state index contributed by atoms with van der Waals surface area (Å²) in [5, 5.41) is 0. The van der Waals surface area contributed by atoms with Gasteiger partial charge in [0.2, 0.25) is 0 Å². The van der Waals surface area contributed by atoms with Gasteiger partial charge in [0.1, 0.15) is 0 Å². The second kappa shape index (κ2) is 7.84. The number of amides is 1. The number of ether oxygens (including phenoxy) is 1. The molecule has 4 nitrogen and oxygen atoms in total. The molecule has 0 aromatic heterocycles. The summed E-state index contributed by atoms with van der Waals surface area (Å²) < 4.78 is 4.84. The molecular weight excluding hydrogens is 262 g/mol. The Balaban J connectivity index is 2.64. The highest BCUT2D eigenvalue weighted by Crippen LogP contribution is 2.21. The van der Waals surface area contributed by atoms with E-state index in [1.54, 1.807) is 24.9 Å². The zero-order chi connectivity index (χ0) is 14.3. The third-order valence-corrected chi connectivity index (χ3v) is 3.44. The summed E-state index contributed by atoms with van der Waals surface area (Å²) in [5.41, 5.74) is 0.668. The molecule has 0 bridgehead atoms. The lowest BCUT2D eigenvalue weighted by atomic mass is 10.2. The van der Waals surface area contributed by atoms with Crippen molar-refractivity contribution in [2.75, 3.05) is 26.5 Å². The fraction of sp³-hybridized carbons (Fsp3) is 0.429. The van der Waals surface area contributed by atoms with Crippen LogP contribution in [0.4, 0.5) is 0 Å². The monoisotopic (exact) mass is 281 g/mol. The largest absolute Gasteiger partial charge is 0.466 e. The molecule has 0 aliphatic heterocycles. The summed E-state index contributed by atoms with van der Waals surface area (Å²) >= 11 is 1.53. The number of hydrogen-bond donors (Lipinski definition) is 0. The van der Waals surface area contributed by atoms with Crippen LogP contribution in [0.15, 0.2) is 29.2 Å². The van der Waals surface area contributed by atoms with Crippen LogP contribution in [0.3, 0.4) is 0 Å².